The van der Waals surface area contributed by atoms with Crippen molar-refractivity contribution in [1.29, 1.82) is 0 Å². The molecule has 0 aliphatic heterocycles. The maximum atomic E-state index is 12.6. The van der Waals surface area contributed by atoms with Crippen LogP contribution in [0.25, 0.3) is 10.2 Å². The monoisotopic (exact) mass is 368 g/mol. The van der Waals surface area contributed by atoms with Gasteiger partial charge in [-0.05, 0) is 42.8 Å². The molecule has 0 amide bonds. The highest BCUT2D eigenvalue weighted by Gasteiger charge is 2.17. The Morgan fingerprint density at radius 3 is 2.70 bits per heavy atom. The second-order valence-electron chi connectivity index (χ2n) is 5.07. The molecular formula is C15H13ClN2O3S2. The van der Waals surface area contributed by atoms with Crippen LogP contribution in [0.1, 0.15) is 5.56 Å². The SMILES string of the molecule is Cc1c(Cl)cccc1NS(=O)(=O)c1ccc2c(c1)sc(=O)n2C. The molecule has 0 radical (unpaired) electrons. The van der Waals surface area contributed by atoms with Gasteiger partial charge in [0.2, 0.25) is 0 Å². The zero-order valence-corrected chi connectivity index (χ0v) is 14.7. The molecule has 120 valence electrons. The molecule has 0 unspecified atom stereocenters. The lowest BCUT2D eigenvalue weighted by Gasteiger charge is -2.11. The Balaban J connectivity index is 2.06. The van der Waals surface area contributed by atoms with Crippen molar-refractivity contribution in [2.45, 2.75) is 11.8 Å². The number of thiazole rings is 1. The molecule has 3 aromatic rings. The number of halogens is 1. The molecule has 1 heterocycles. The molecular weight excluding hydrogens is 356 g/mol. The summed E-state index contributed by atoms with van der Waals surface area (Å²) < 4.78 is 29.8. The van der Waals surface area contributed by atoms with E-state index in [-0.39, 0.29) is 9.77 Å². The van der Waals surface area contributed by atoms with E-state index in [1.165, 1.54) is 16.7 Å². The second-order valence-corrected chi connectivity index (χ2v) is 8.16. The first-order valence-electron chi connectivity index (χ1n) is 6.67. The number of rotatable bonds is 3. The number of hydrogen-bond acceptors (Lipinski definition) is 4. The van der Waals surface area contributed by atoms with Crippen molar-refractivity contribution in [3.05, 3.63) is 56.7 Å². The fraction of sp³-hybridized carbons (Fsp3) is 0.133. The molecule has 23 heavy (non-hydrogen) atoms. The van der Waals surface area contributed by atoms with E-state index in [1.54, 1.807) is 38.2 Å². The summed E-state index contributed by atoms with van der Waals surface area (Å²) in [5.41, 5.74) is 1.79. The number of nitrogens with one attached hydrogen (secondary N) is 1. The van der Waals surface area contributed by atoms with Gasteiger partial charge in [0.05, 0.1) is 20.8 Å². The highest BCUT2D eigenvalue weighted by molar-refractivity contribution is 7.92. The van der Waals surface area contributed by atoms with Crippen molar-refractivity contribution in [1.82, 2.24) is 4.57 Å². The summed E-state index contributed by atoms with van der Waals surface area (Å²) in [4.78, 5) is 11.6. The summed E-state index contributed by atoms with van der Waals surface area (Å²) in [6.07, 6.45) is 0. The van der Waals surface area contributed by atoms with E-state index in [9.17, 15) is 13.2 Å². The van der Waals surface area contributed by atoms with Crippen LogP contribution >= 0.6 is 22.9 Å². The Kier molecular flexibility index (Phi) is 3.95. The summed E-state index contributed by atoms with van der Waals surface area (Å²) in [5.74, 6) is 0. The molecule has 0 aliphatic rings. The first kappa shape index (κ1) is 16.0. The zero-order chi connectivity index (χ0) is 16.8. The fourth-order valence-corrected chi connectivity index (χ4v) is 4.52. The predicted molar refractivity (Wildman–Crippen MR) is 94.1 cm³/mol. The number of nitrogens with zero attached hydrogens (tertiary/aromatic N) is 1. The second kappa shape index (κ2) is 5.67. The van der Waals surface area contributed by atoms with Gasteiger partial charge < -0.3 is 4.57 Å². The minimum Gasteiger partial charge on any atom is -0.302 e. The van der Waals surface area contributed by atoms with E-state index in [2.05, 4.69) is 4.72 Å². The third-order valence-electron chi connectivity index (χ3n) is 3.59. The molecule has 0 spiro atoms. The fourth-order valence-electron chi connectivity index (χ4n) is 2.20. The Hall–Kier alpha value is -1.83. The topological polar surface area (TPSA) is 68.2 Å². The summed E-state index contributed by atoms with van der Waals surface area (Å²) in [6, 6.07) is 9.65. The standard InChI is InChI=1S/C15H13ClN2O3S2/c1-9-11(16)4-3-5-12(9)17-23(20,21)10-6-7-13-14(8-10)22-15(19)18(13)2/h3-8,17H,1-2H3. The minimum atomic E-state index is -3.76. The van der Waals surface area contributed by atoms with Gasteiger partial charge in [0.15, 0.2) is 0 Å². The molecule has 0 saturated carbocycles. The van der Waals surface area contributed by atoms with Gasteiger partial charge in [0.1, 0.15) is 0 Å². The lowest BCUT2D eigenvalue weighted by atomic mass is 10.2. The molecule has 0 aliphatic carbocycles. The van der Waals surface area contributed by atoms with E-state index in [0.29, 0.717) is 26.5 Å². The number of sulfonamides is 1. The minimum absolute atomic E-state index is 0.103. The van der Waals surface area contributed by atoms with Crippen LogP contribution in [-0.4, -0.2) is 13.0 Å². The third kappa shape index (κ3) is 2.87. The predicted octanol–water partition coefficient (Wildman–Crippen LogP) is 3.36. The smallest absolute Gasteiger partial charge is 0.302 e. The average Bonchev–Trinajstić information content (AvgIpc) is 2.78. The van der Waals surface area contributed by atoms with E-state index < -0.39 is 10.0 Å². The first-order valence-corrected chi connectivity index (χ1v) is 9.35. The molecule has 3 rings (SSSR count). The average molecular weight is 369 g/mol. The van der Waals surface area contributed by atoms with Crippen LogP contribution in [0.4, 0.5) is 5.69 Å². The number of aromatic nitrogens is 1. The summed E-state index contributed by atoms with van der Waals surface area (Å²) >= 11 is 7.03. The molecule has 1 N–H and O–H groups in total. The van der Waals surface area contributed by atoms with Crippen molar-refractivity contribution in [2.24, 2.45) is 7.05 Å². The van der Waals surface area contributed by atoms with Gasteiger partial charge in [-0.1, -0.05) is 29.0 Å². The van der Waals surface area contributed by atoms with Crippen LogP contribution in [0.5, 0.6) is 0 Å². The van der Waals surface area contributed by atoms with Crippen molar-refractivity contribution >= 4 is 48.9 Å². The molecule has 8 heteroatoms. The van der Waals surface area contributed by atoms with Crippen LogP contribution < -0.4 is 9.60 Å². The van der Waals surface area contributed by atoms with Crippen molar-refractivity contribution in [3.8, 4) is 0 Å². The van der Waals surface area contributed by atoms with Crippen LogP contribution in [0.2, 0.25) is 5.02 Å². The van der Waals surface area contributed by atoms with Crippen LogP contribution in [0.15, 0.2) is 46.1 Å². The van der Waals surface area contributed by atoms with E-state index in [4.69, 9.17) is 11.6 Å². The summed E-state index contributed by atoms with van der Waals surface area (Å²) in [6.45, 7) is 1.74. The molecule has 1 aromatic heterocycles. The van der Waals surface area contributed by atoms with Crippen molar-refractivity contribution < 1.29 is 8.42 Å². The van der Waals surface area contributed by atoms with Gasteiger partial charge >= 0.3 is 4.87 Å². The highest BCUT2D eigenvalue weighted by atomic mass is 35.5. The first-order chi connectivity index (χ1) is 10.8. The van der Waals surface area contributed by atoms with Gasteiger partial charge in [-0.15, -0.1) is 0 Å². The zero-order valence-electron chi connectivity index (χ0n) is 12.3. The summed E-state index contributed by atoms with van der Waals surface area (Å²) in [7, 11) is -2.11. The van der Waals surface area contributed by atoms with E-state index >= 15 is 0 Å². The van der Waals surface area contributed by atoms with Gasteiger partial charge in [-0.3, -0.25) is 9.52 Å². The largest absolute Gasteiger partial charge is 0.307 e. The van der Waals surface area contributed by atoms with Gasteiger partial charge in [0, 0.05) is 12.1 Å². The van der Waals surface area contributed by atoms with Crippen molar-refractivity contribution in [3.63, 3.8) is 0 Å². The van der Waals surface area contributed by atoms with Crippen LogP contribution in [-0.2, 0) is 17.1 Å². The maximum absolute atomic E-state index is 12.6. The van der Waals surface area contributed by atoms with Gasteiger partial charge in [-0.2, -0.15) is 0 Å². The number of benzene rings is 2. The van der Waals surface area contributed by atoms with Crippen LogP contribution in [0, 0.1) is 6.92 Å². The van der Waals surface area contributed by atoms with Gasteiger partial charge in [0.25, 0.3) is 10.0 Å². The molecule has 0 fully saturated rings. The quantitative estimate of drug-likeness (QED) is 0.770. The maximum Gasteiger partial charge on any atom is 0.307 e. The molecule has 0 bridgehead atoms. The summed E-state index contributed by atoms with van der Waals surface area (Å²) in [5, 5.41) is 0.488. The normalized spacial score (nSPS) is 11.8. The molecule has 0 saturated heterocycles. The number of hydrogen-bond donors (Lipinski definition) is 1. The Labute approximate surface area is 142 Å². The van der Waals surface area contributed by atoms with Crippen molar-refractivity contribution in [2.75, 3.05) is 4.72 Å². The number of fused-ring (bicyclic) bond motifs is 1. The Morgan fingerprint density at radius 2 is 1.96 bits per heavy atom. The van der Waals surface area contributed by atoms with E-state index in [0.717, 1.165) is 11.3 Å². The third-order valence-corrected chi connectivity index (χ3v) is 6.35. The lowest BCUT2D eigenvalue weighted by molar-refractivity contribution is 0.601. The number of anilines is 1. The Morgan fingerprint density at radius 1 is 1.22 bits per heavy atom. The van der Waals surface area contributed by atoms with Crippen LogP contribution in [0.3, 0.4) is 0 Å². The molecule has 2 aromatic carbocycles. The number of aryl methyl sites for hydroxylation is 1. The van der Waals surface area contributed by atoms with Gasteiger partial charge in [-0.25, -0.2) is 8.42 Å². The highest BCUT2D eigenvalue weighted by Crippen LogP contribution is 2.27. The molecule has 0 atom stereocenters. The van der Waals surface area contributed by atoms with E-state index in [1.807, 2.05) is 0 Å². The lowest BCUT2D eigenvalue weighted by Crippen LogP contribution is -2.13. The Bertz CT molecular complexity index is 1070. The molecule has 5 nitrogen and oxygen atoms in total.